The highest BCUT2D eigenvalue weighted by Crippen LogP contribution is 2.26. The molecule has 0 bridgehead atoms. The number of nitrogens with zero attached hydrogens (tertiary/aromatic N) is 1. The highest BCUT2D eigenvalue weighted by molar-refractivity contribution is 5.78. The van der Waals surface area contributed by atoms with Crippen molar-refractivity contribution in [3.8, 4) is 5.75 Å². The van der Waals surface area contributed by atoms with Gasteiger partial charge in [-0.1, -0.05) is 31.0 Å². The van der Waals surface area contributed by atoms with Crippen LogP contribution in [0.1, 0.15) is 25.7 Å². The van der Waals surface area contributed by atoms with Crippen molar-refractivity contribution in [1.82, 2.24) is 4.90 Å². The summed E-state index contributed by atoms with van der Waals surface area (Å²) in [6, 6.07) is 9.71. The van der Waals surface area contributed by atoms with Gasteiger partial charge in [0.05, 0.1) is 6.54 Å². The smallest absolute Gasteiger partial charge is 0.225 e. The summed E-state index contributed by atoms with van der Waals surface area (Å²) in [4.78, 5) is 13.9. The lowest BCUT2D eigenvalue weighted by Crippen LogP contribution is -2.34. The van der Waals surface area contributed by atoms with Gasteiger partial charge in [0.2, 0.25) is 5.91 Å². The third-order valence-corrected chi connectivity index (χ3v) is 3.52. The van der Waals surface area contributed by atoms with Crippen molar-refractivity contribution in [2.24, 2.45) is 5.92 Å². The molecule has 3 nitrogen and oxygen atoms in total. The van der Waals surface area contributed by atoms with Gasteiger partial charge < -0.3 is 9.64 Å². The number of amides is 1. The van der Waals surface area contributed by atoms with Crippen molar-refractivity contribution in [3.63, 3.8) is 0 Å². The van der Waals surface area contributed by atoms with Gasteiger partial charge in [-0.05, 0) is 25.0 Å². The van der Waals surface area contributed by atoms with Gasteiger partial charge in [-0.3, -0.25) is 4.79 Å². The summed E-state index contributed by atoms with van der Waals surface area (Å²) in [5, 5.41) is 0. The molecule has 2 rings (SSSR count). The van der Waals surface area contributed by atoms with Gasteiger partial charge in [-0.15, -0.1) is 0 Å². The molecule has 1 aromatic carbocycles. The van der Waals surface area contributed by atoms with E-state index in [1.165, 1.54) is 12.8 Å². The van der Waals surface area contributed by atoms with Crippen LogP contribution in [0.25, 0.3) is 0 Å². The zero-order chi connectivity index (χ0) is 12.8. The molecule has 1 aliphatic carbocycles. The van der Waals surface area contributed by atoms with Crippen LogP contribution in [0, 0.1) is 5.92 Å². The van der Waals surface area contributed by atoms with E-state index >= 15 is 0 Å². The quantitative estimate of drug-likeness (QED) is 0.800. The second-order valence-corrected chi connectivity index (χ2v) is 4.90. The van der Waals surface area contributed by atoms with E-state index < -0.39 is 0 Å². The summed E-state index contributed by atoms with van der Waals surface area (Å²) in [7, 11) is 1.87. The molecule has 0 aliphatic heterocycles. The number of rotatable bonds is 5. The molecule has 1 fully saturated rings. The molecule has 0 N–H and O–H groups in total. The van der Waals surface area contributed by atoms with Gasteiger partial charge in [-0.2, -0.15) is 0 Å². The molecule has 1 amide bonds. The second-order valence-electron chi connectivity index (χ2n) is 4.90. The molecule has 0 aromatic heterocycles. The Kier molecular flexibility index (Phi) is 4.62. The minimum atomic E-state index is 0.256. The van der Waals surface area contributed by atoms with Crippen LogP contribution in [0.2, 0.25) is 0 Å². The number of likely N-dealkylation sites (N-methyl/N-ethyl adjacent to an activating group) is 1. The third-order valence-electron chi connectivity index (χ3n) is 3.52. The van der Waals surface area contributed by atoms with Crippen LogP contribution < -0.4 is 4.74 Å². The number of benzene rings is 1. The molecule has 1 saturated carbocycles. The van der Waals surface area contributed by atoms with Crippen LogP contribution in [-0.2, 0) is 4.79 Å². The lowest BCUT2D eigenvalue weighted by Gasteiger charge is -2.21. The van der Waals surface area contributed by atoms with Crippen LogP contribution >= 0.6 is 0 Å². The molecule has 18 heavy (non-hydrogen) atoms. The monoisotopic (exact) mass is 247 g/mol. The molecule has 98 valence electrons. The Balaban J connectivity index is 1.71. The topological polar surface area (TPSA) is 29.5 Å². The van der Waals surface area contributed by atoms with E-state index in [1.807, 2.05) is 37.4 Å². The molecule has 1 aromatic rings. The summed E-state index contributed by atoms with van der Waals surface area (Å²) in [5.74, 6) is 1.40. The first-order valence-corrected chi connectivity index (χ1v) is 6.70. The average Bonchev–Trinajstić information content (AvgIpc) is 2.93. The highest BCUT2D eigenvalue weighted by Gasteiger charge is 2.25. The second kappa shape index (κ2) is 6.43. The Morgan fingerprint density at radius 1 is 1.28 bits per heavy atom. The number of carbonyl (C=O) groups is 1. The molecule has 0 unspecified atom stereocenters. The van der Waals surface area contributed by atoms with Crippen molar-refractivity contribution < 1.29 is 9.53 Å². The summed E-state index contributed by atoms with van der Waals surface area (Å²) in [5.41, 5.74) is 0. The first kappa shape index (κ1) is 12.9. The van der Waals surface area contributed by atoms with Crippen molar-refractivity contribution in [2.75, 3.05) is 20.2 Å². The lowest BCUT2D eigenvalue weighted by molar-refractivity contribution is -0.134. The average molecular weight is 247 g/mol. The highest BCUT2D eigenvalue weighted by atomic mass is 16.5. The van der Waals surface area contributed by atoms with E-state index in [9.17, 15) is 4.79 Å². The van der Waals surface area contributed by atoms with Crippen LogP contribution in [0.3, 0.4) is 0 Å². The predicted molar refractivity (Wildman–Crippen MR) is 71.5 cm³/mol. The summed E-state index contributed by atoms with van der Waals surface area (Å²) in [6.07, 6.45) is 4.51. The predicted octanol–water partition coefficient (Wildman–Crippen LogP) is 2.71. The first-order chi connectivity index (χ1) is 8.77. The zero-order valence-corrected chi connectivity index (χ0v) is 11.0. The molecule has 0 saturated heterocycles. The van der Waals surface area contributed by atoms with Gasteiger partial charge in [0.1, 0.15) is 12.4 Å². The van der Waals surface area contributed by atoms with Crippen LogP contribution in [0.15, 0.2) is 30.3 Å². The molecule has 0 heterocycles. The molecular weight excluding hydrogens is 226 g/mol. The van der Waals surface area contributed by atoms with E-state index in [4.69, 9.17) is 4.74 Å². The van der Waals surface area contributed by atoms with Gasteiger partial charge >= 0.3 is 0 Å². The number of ether oxygens (including phenoxy) is 1. The maximum atomic E-state index is 12.1. The maximum Gasteiger partial charge on any atom is 0.225 e. The Bertz CT molecular complexity index is 371. The van der Waals surface area contributed by atoms with Crippen LogP contribution in [-0.4, -0.2) is 31.0 Å². The van der Waals surface area contributed by atoms with Gasteiger partial charge in [0, 0.05) is 13.0 Å². The van der Waals surface area contributed by atoms with Gasteiger partial charge in [0.25, 0.3) is 0 Å². The minimum absolute atomic E-state index is 0.256. The van der Waals surface area contributed by atoms with Crippen molar-refractivity contribution in [1.29, 1.82) is 0 Å². The molecule has 0 spiro atoms. The Hall–Kier alpha value is -1.51. The van der Waals surface area contributed by atoms with Gasteiger partial charge in [-0.25, -0.2) is 0 Å². The molecule has 0 atom stereocenters. The first-order valence-electron chi connectivity index (χ1n) is 6.70. The SMILES string of the molecule is CN(CCOc1ccccc1)C(=O)C1CCCC1. The largest absolute Gasteiger partial charge is 0.492 e. The zero-order valence-electron chi connectivity index (χ0n) is 11.0. The molecule has 3 heteroatoms. The Labute approximate surface area is 109 Å². The van der Waals surface area contributed by atoms with Crippen LogP contribution in [0.5, 0.6) is 5.75 Å². The Morgan fingerprint density at radius 3 is 2.61 bits per heavy atom. The van der Waals surface area contributed by atoms with Crippen molar-refractivity contribution >= 4 is 5.91 Å². The van der Waals surface area contributed by atoms with Crippen molar-refractivity contribution in [3.05, 3.63) is 30.3 Å². The summed E-state index contributed by atoms with van der Waals surface area (Å²) in [6.45, 7) is 1.21. The molecule has 0 radical (unpaired) electrons. The fourth-order valence-corrected chi connectivity index (χ4v) is 2.41. The maximum absolute atomic E-state index is 12.1. The number of hydrogen-bond donors (Lipinski definition) is 0. The summed E-state index contributed by atoms with van der Waals surface area (Å²) < 4.78 is 5.60. The standard InChI is InChI=1S/C15H21NO2/c1-16(15(17)13-7-5-6-8-13)11-12-18-14-9-3-2-4-10-14/h2-4,9-10,13H,5-8,11-12H2,1H3. The minimum Gasteiger partial charge on any atom is -0.492 e. The van der Waals surface area contributed by atoms with E-state index in [2.05, 4.69) is 0 Å². The summed E-state index contributed by atoms with van der Waals surface area (Å²) >= 11 is 0. The van der Waals surface area contributed by atoms with Gasteiger partial charge in [0.15, 0.2) is 0 Å². The molecule has 1 aliphatic rings. The molecular formula is C15H21NO2. The van der Waals surface area contributed by atoms with Crippen LogP contribution in [0.4, 0.5) is 0 Å². The normalized spacial score (nSPS) is 15.6. The van der Waals surface area contributed by atoms with Crippen molar-refractivity contribution in [2.45, 2.75) is 25.7 Å². The lowest BCUT2D eigenvalue weighted by atomic mass is 10.1. The third kappa shape index (κ3) is 3.49. The fourth-order valence-electron chi connectivity index (χ4n) is 2.41. The van der Waals surface area contributed by atoms with E-state index in [0.29, 0.717) is 13.2 Å². The number of hydrogen-bond acceptors (Lipinski definition) is 2. The van der Waals surface area contributed by atoms with E-state index in [1.54, 1.807) is 4.90 Å². The number of carbonyl (C=O) groups excluding carboxylic acids is 1. The van der Waals surface area contributed by atoms with E-state index in [0.717, 1.165) is 18.6 Å². The fraction of sp³-hybridized carbons (Fsp3) is 0.533. The Morgan fingerprint density at radius 2 is 1.94 bits per heavy atom. The van der Waals surface area contributed by atoms with E-state index in [-0.39, 0.29) is 11.8 Å². The number of para-hydroxylation sites is 1.